The van der Waals surface area contributed by atoms with Gasteiger partial charge >= 0.3 is 5.97 Å². The summed E-state index contributed by atoms with van der Waals surface area (Å²) in [6.45, 7) is 19.7. The van der Waals surface area contributed by atoms with Crippen LogP contribution in [0.3, 0.4) is 0 Å². The fourth-order valence-corrected chi connectivity index (χ4v) is 5.93. The second-order valence-corrected chi connectivity index (χ2v) is 12.4. The zero-order chi connectivity index (χ0) is 25.5. The zero-order valence-electron chi connectivity index (χ0n) is 23.9. The predicted octanol–water partition coefficient (Wildman–Crippen LogP) is 9.17. The smallest absolute Gasteiger partial charge is 0.303 e. The van der Waals surface area contributed by atoms with Gasteiger partial charge in [0.1, 0.15) is 17.5 Å². The topological polar surface area (TPSA) is 35.5 Å². The second kappa shape index (κ2) is 13.2. The summed E-state index contributed by atoms with van der Waals surface area (Å²) >= 11 is 0. The van der Waals surface area contributed by atoms with Crippen LogP contribution >= 0.6 is 0 Å². The number of carbonyl (C=O) groups is 1. The third-order valence-electron chi connectivity index (χ3n) is 8.49. The molecule has 3 nitrogen and oxygen atoms in total. The molecule has 0 saturated heterocycles. The van der Waals surface area contributed by atoms with E-state index < -0.39 is 0 Å². The van der Waals surface area contributed by atoms with Crippen molar-refractivity contribution in [3.8, 4) is 0 Å². The van der Waals surface area contributed by atoms with Crippen LogP contribution in [0.15, 0.2) is 22.5 Å². The molecule has 0 fully saturated rings. The maximum atomic E-state index is 11.6. The van der Waals surface area contributed by atoms with E-state index in [0.29, 0.717) is 0 Å². The molecule has 196 valence electrons. The fraction of sp³-hybridized carbons (Fsp3) is 0.839. The lowest BCUT2D eigenvalue weighted by Gasteiger charge is -2.43. The van der Waals surface area contributed by atoms with E-state index in [9.17, 15) is 4.79 Å². The van der Waals surface area contributed by atoms with Crippen molar-refractivity contribution >= 4 is 5.97 Å². The summed E-state index contributed by atoms with van der Waals surface area (Å²) in [5.74, 6) is 3.59. The third kappa shape index (κ3) is 8.45. The number of ether oxygens (including phenoxy) is 2. The van der Waals surface area contributed by atoms with E-state index in [2.05, 4.69) is 55.4 Å². The molecule has 2 rings (SSSR count). The Hall–Kier alpha value is -1.25. The van der Waals surface area contributed by atoms with Crippen LogP contribution in [-0.2, 0) is 14.3 Å². The van der Waals surface area contributed by atoms with Crippen molar-refractivity contribution in [2.24, 2.45) is 23.7 Å². The number of esters is 1. The largest absolute Gasteiger partial charge is 0.487 e. The highest BCUT2D eigenvalue weighted by molar-refractivity contribution is 5.67. The molecule has 1 aliphatic carbocycles. The van der Waals surface area contributed by atoms with Gasteiger partial charge in [-0.15, -0.1) is 0 Å². The number of rotatable bonds is 13. The first-order valence-electron chi connectivity index (χ1n) is 14.2. The summed E-state index contributed by atoms with van der Waals surface area (Å²) in [5.41, 5.74) is 3.56. The molecule has 5 atom stereocenters. The van der Waals surface area contributed by atoms with Crippen LogP contribution in [0.4, 0.5) is 0 Å². The minimum absolute atomic E-state index is 0.0843. The Morgan fingerprint density at radius 3 is 2.12 bits per heavy atom. The van der Waals surface area contributed by atoms with Crippen molar-refractivity contribution < 1.29 is 14.3 Å². The molecular weight excluding hydrogens is 420 g/mol. The Labute approximate surface area is 211 Å². The van der Waals surface area contributed by atoms with Crippen LogP contribution < -0.4 is 0 Å². The monoisotopic (exact) mass is 474 g/mol. The Bertz CT molecular complexity index is 731. The van der Waals surface area contributed by atoms with E-state index in [1.54, 1.807) is 0 Å². The van der Waals surface area contributed by atoms with E-state index in [1.165, 1.54) is 69.4 Å². The molecule has 0 bridgehead atoms. The van der Waals surface area contributed by atoms with Crippen LogP contribution in [0.1, 0.15) is 133 Å². The van der Waals surface area contributed by atoms with Gasteiger partial charge in [-0.2, -0.15) is 0 Å². The maximum absolute atomic E-state index is 11.6. The minimum Gasteiger partial charge on any atom is -0.487 e. The van der Waals surface area contributed by atoms with Crippen LogP contribution in [0.25, 0.3) is 0 Å². The highest BCUT2D eigenvalue weighted by Gasteiger charge is 2.41. The highest BCUT2D eigenvalue weighted by Crippen LogP contribution is 2.46. The van der Waals surface area contributed by atoms with Gasteiger partial charge in [-0.25, -0.2) is 0 Å². The lowest BCUT2D eigenvalue weighted by atomic mass is 9.76. The van der Waals surface area contributed by atoms with Crippen molar-refractivity contribution in [1.29, 1.82) is 0 Å². The summed E-state index contributed by atoms with van der Waals surface area (Å²) in [6, 6.07) is 0. The summed E-state index contributed by atoms with van der Waals surface area (Å²) in [6.07, 6.45) is 13.9. The molecular formula is C31H54O3. The summed E-state index contributed by atoms with van der Waals surface area (Å²) in [5, 5.41) is 0. The maximum Gasteiger partial charge on any atom is 0.303 e. The first-order valence-corrected chi connectivity index (χ1v) is 14.2. The standard InChI is InChI=1S/C31H54O3/c1-21(2)13-10-14-22(3)15-11-16-23(4)17-12-19-31(9)20-18-28-26(7)29(33-27(8)32)24(5)25(6)30(28)34-31/h21-23,26,29H,10-20H2,1-9H3/t22-,23-,26?,29?,31-/m1/s1. The van der Waals surface area contributed by atoms with Crippen LogP contribution in [-0.4, -0.2) is 17.7 Å². The highest BCUT2D eigenvalue weighted by atomic mass is 16.5. The van der Waals surface area contributed by atoms with Gasteiger partial charge in [-0.1, -0.05) is 79.6 Å². The van der Waals surface area contributed by atoms with E-state index in [1.807, 2.05) is 0 Å². The number of allylic oxidation sites excluding steroid dienone is 1. The molecule has 0 amide bonds. The van der Waals surface area contributed by atoms with Crippen molar-refractivity contribution in [2.75, 3.05) is 0 Å². The SMILES string of the molecule is CC(=O)OC1C(C)=C(C)C2=C(CC[C@@](C)(CCC[C@H](C)CCC[C@H](C)CCCC(C)C)O2)C1C. The van der Waals surface area contributed by atoms with E-state index >= 15 is 0 Å². The molecule has 2 aliphatic rings. The van der Waals surface area contributed by atoms with Crippen molar-refractivity contribution in [3.63, 3.8) is 0 Å². The molecule has 0 radical (unpaired) electrons. The molecule has 3 heteroatoms. The molecule has 0 aromatic carbocycles. The van der Waals surface area contributed by atoms with E-state index in [4.69, 9.17) is 9.47 Å². The molecule has 0 aromatic rings. The summed E-state index contributed by atoms with van der Waals surface area (Å²) in [7, 11) is 0. The van der Waals surface area contributed by atoms with Gasteiger partial charge in [0.05, 0.1) is 0 Å². The lowest BCUT2D eigenvalue weighted by molar-refractivity contribution is -0.146. The predicted molar refractivity (Wildman–Crippen MR) is 144 cm³/mol. The lowest BCUT2D eigenvalue weighted by Crippen LogP contribution is -2.39. The molecule has 0 spiro atoms. The van der Waals surface area contributed by atoms with Gasteiger partial charge in [0, 0.05) is 12.8 Å². The Kier molecular flexibility index (Phi) is 11.2. The number of hydrogen-bond acceptors (Lipinski definition) is 3. The molecule has 0 saturated carbocycles. The van der Waals surface area contributed by atoms with Crippen molar-refractivity contribution in [3.05, 3.63) is 22.5 Å². The summed E-state index contributed by atoms with van der Waals surface area (Å²) < 4.78 is 12.4. The van der Waals surface area contributed by atoms with Crippen LogP contribution in [0, 0.1) is 23.7 Å². The fourth-order valence-electron chi connectivity index (χ4n) is 5.93. The average molecular weight is 475 g/mol. The molecule has 2 unspecified atom stereocenters. The first kappa shape index (κ1) is 29.0. The van der Waals surface area contributed by atoms with Crippen molar-refractivity contribution in [1.82, 2.24) is 0 Å². The van der Waals surface area contributed by atoms with Crippen LogP contribution in [0.5, 0.6) is 0 Å². The van der Waals surface area contributed by atoms with Crippen LogP contribution in [0.2, 0.25) is 0 Å². The quantitative estimate of drug-likeness (QED) is 0.250. The van der Waals surface area contributed by atoms with Crippen molar-refractivity contribution in [2.45, 2.75) is 145 Å². The van der Waals surface area contributed by atoms with Gasteiger partial charge < -0.3 is 9.47 Å². The Morgan fingerprint density at radius 1 is 1.00 bits per heavy atom. The number of hydrogen-bond donors (Lipinski definition) is 0. The first-order chi connectivity index (χ1) is 15.9. The molecule has 1 heterocycles. The average Bonchev–Trinajstić information content (AvgIpc) is 2.74. The normalized spacial score (nSPS) is 26.9. The third-order valence-corrected chi connectivity index (χ3v) is 8.49. The Balaban J connectivity index is 1.78. The van der Waals surface area contributed by atoms with Gasteiger partial charge in [-0.05, 0) is 80.9 Å². The van der Waals surface area contributed by atoms with E-state index in [-0.39, 0.29) is 23.6 Å². The molecule has 1 aliphatic heterocycles. The zero-order valence-corrected chi connectivity index (χ0v) is 23.9. The molecule has 34 heavy (non-hydrogen) atoms. The van der Waals surface area contributed by atoms with Gasteiger partial charge in [0.25, 0.3) is 0 Å². The van der Waals surface area contributed by atoms with Gasteiger partial charge in [0.15, 0.2) is 0 Å². The van der Waals surface area contributed by atoms with E-state index in [0.717, 1.165) is 48.3 Å². The molecule has 0 aromatic heterocycles. The van der Waals surface area contributed by atoms with Gasteiger partial charge in [0.2, 0.25) is 0 Å². The number of carbonyl (C=O) groups excluding carboxylic acids is 1. The summed E-state index contributed by atoms with van der Waals surface area (Å²) in [4.78, 5) is 11.6. The molecule has 0 N–H and O–H groups in total. The Morgan fingerprint density at radius 2 is 1.56 bits per heavy atom. The minimum atomic E-state index is -0.204. The second-order valence-electron chi connectivity index (χ2n) is 12.4. The van der Waals surface area contributed by atoms with Gasteiger partial charge in [-0.3, -0.25) is 4.79 Å².